The molecule has 20 heavy (non-hydrogen) atoms. The Morgan fingerprint density at radius 3 is 2.75 bits per heavy atom. The largest absolute Gasteiger partial charge is 0.507 e. The summed E-state index contributed by atoms with van der Waals surface area (Å²) >= 11 is 3.42. The molecule has 0 saturated carbocycles. The Balaban J connectivity index is 2.11. The molecule has 0 amide bonds. The zero-order valence-electron chi connectivity index (χ0n) is 11.4. The fourth-order valence-corrected chi connectivity index (χ4v) is 3.93. The minimum Gasteiger partial charge on any atom is -0.507 e. The lowest BCUT2D eigenvalue weighted by atomic mass is 10.2. The number of hydrogen-bond donors (Lipinski definition) is 1. The van der Waals surface area contributed by atoms with E-state index in [9.17, 15) is 5.11 Å². The number of phenols is 1. The van der Waals surface area contributed by atoms with Crippen LogP contribution in [0.4, 0.5) is 11.4 Å². The number of nitrogens with zero attached hydrogens (tertiary/aromatic N) is 1. The first-order valence-corrected chi connectivity index (χ1v) is 8.87. The van der Waals surface area contributed by atoms with Crippen LogP contribution < -0.4 is 4.90 Å². The predicted octanol–water partition coefficient (Wildman–Crippen LogP) is 4.75. The number of aromatic hydroxyl groups is 1. The quantitative estimate of drug-likeness (QED) is 0.809. The zero-order valence-corrected chi connectivity index (χ0v) is 13.0. The van der Waals surface area contributed by atoms with Gasteiger partial charge in [-0.15, -0.1) is 23.5 Å². The maximum absolute atomic E-state index is 10.1. The Kier molecular flexibility index (Phi) is 4.13. The van der Waals surface area contributed by atoms with E-state index < -0.39 is 0 Å². The monoisotopic (exact) mass is 303 g/mol. The topological polar surface area (TPSA) is 23.5 Å². The molecule has 2 nitrogen and oxygen atoms in total. The third-order valence-electron chi connectivity index (χ3n) is 3.40. The minimum atomic E-state index is 0.388. The first-order chi connectivity index (χ1) is 9.79. The van der Waals surface area contributed by atoms with Gasteiger partial charge >= 0.3 is 0 Å². The van der Waals surface area contributed by atoms with Crippen molar-refractivity contribution in [1.29, 1.82) is 0 Å². The van der Waals surface area contributed by atoms with E-state index >= 15 is 0 Å². The van der Waals surface area contributed by atoms with Crippen molar-refractivity contribution < 1.29 is 5.11 Å². The van der Waals surface area contributed by atoms with Crippen molar-refractivity contribution in [3.05, 3.63) is 42.5 Å². The number of para-hydroxylation sites is 1. The van der Waals surface area contributed by atoms with Crippen LogP contribution in [0.1, 0.15) is 6.42 Å². The average Bonchev–Trinajstić information content (AvgIpc) is 2.69. The maximum Gasteiger partial charge on any atom is 0.130 e. The van der Waals surface area contributed by atoms with Crippen LogP contribution in [0.2, 0.25) is 0 Å². The molecule has 0 saturated heterocycles. The van der Waals surface area contributed by atoms with E-state index in [-0.39, 0.29) is 0 Å². The van der Waals surface area contributed by atoms with Gasteiger partial charge in [0.05, 0.1) is 10.6 Å². The van der Waals surface area contributed by atoms with Crippen molar-refractivity contribution in [1.82, 2.24) is 0 Å². The summed E-state index contributed by atoms with van der Waals surface area (Å²) in [4.78, 5) is 4.46. The van der Waals surface area contributed by atoms with Crippen molar-refractivity contribution in [2.45, 2.75) is 16.2 Å². The van der Waals surface area contributed by atoms with Crippen LogP contribution in [-0.2, 0) is 0 Å². The molecule has 0 bridgehead atoms. The van der Waals surface area contributed by atoms with Gasteiger partial charge < -0.3 is 10.0 Å². The molecule has 0 spiro atoms. The molecule has 0 aromatic heterocycles. The fraction of sp³-hybridized carbons (Fsp3) is 0.250. The van der Waals surface area contributed by atoms with Crippen molar-refractivity contribution in [2.75, 3.05) is 23.5 Å². The zero-order chi connectivity index (χ0) is 13.9. The molecule has 0 fully saturated rings. The highest BCUT2D eigenvalue weighted by Crippen LogP contribution is 2.43. The van der Waals surface area contributed by atoms with Crippen LogP contribution >= 0.6 is 23.5 Å². The van der Waals surface area contributed by atoms with Crippen LogP contribution in [0.25, 0.3) is 0 Å². The van der Waals surface area contributed by atoms with Gasteiger partial charge in [0.25, 0.3) is 0 Å². The number of thioether (sulfide) groups is 2. The van der Waals surface area contributed by atoms with Gasteiger partial charge in [-0.2, -0.15) is 0 Å². The molecule has 4 heteroatoms. The number of anilines is 2. The Hall–Kier alpha value is -1.26. The van der Waals surface area contributed by atoms with Gasteiger partial charge in [-0.25, -0.2) is 0 Å². The third kappa shape index (κ3) is 2.63. The standard InChI is InChI=1S/C16H17NOS2/c1-19-16-10-13-15(11-14(16)18)20-9-5-8-17(13)12-6-3-2-4-7-12/h2-4,6-7,10-11,18H,5,8-9H2,1H3. The summed E-state index contributed by atoms with van der Waals surface area (Å²) in [6, 6.07) is 14.5. The summed E-state index contributed by atoms with van der Waals surface area (Å²) in [6.45, 7) is 1.02. The predicted molar refractivity (Wildman–Crippen MR) is 88.7 cm³/mol. The lowest BCUT2D eigenvalue weighted by Gasteiger charge is -2.25. The van der Waals surface area contributed by atoms with Gasteiger partial charge in [0.1, 0.15) is 5.75 Å². The van der Waals surface area contributed by atoms with Crippen LogP contribution in [0.15, 0.2) is 52.3 Å². The van der Waals surface area contributed by atoms with E-state index in [1.165, 1.54) is 16.3 Å². The number of rotatable bonds is 2. The van der Waals surface area contributed by atoms with E-state index in [4.69, 9.17) is 0 Å². The highest BCUT2D eigenvalue weighted by atomic mass is 32.2. The molecule has 3 rings (SSSR count). The van der Waals surface area contributed by atoms with Crippen molar-refractivity contribution >= 4 is 34.9 Å². The van der Waals surface area contributed by atoms with Crippen molar-refractivity contribution in [2.24, 2.45) is 0 Å². The molecular formula is C16H17NOS2. The molecule has 0 radical (unpaired) electrons. The molecule has 1 aliphatic rings. The summed E-state index contributed by atoms with van der Waals surface area (Å²) < 4.78 is 0. The molecule has 0 aliphatic carbocycles. The normalized spacial score (nSPS) is 14.8. The Labute approximate surface area is 128 Å². The van der Waals surface area contributed by atoms with Crippen LogP contribution in [0.3, 0.4) is 0 Å². The fourth-order valence-electron chi connectivity index (χ4n) is 2.43. The number of benzene rings is 2. The Bertz CT molecular complexity index is 601. The van der Waals surface area contributed by atoms with Crippen molar-refractivity contribution in [3.8, 4) is 5.75 Å². The molecule has 0 unspecified atom stereocenters. The summed E-state index contributed by atoms with van der Waals surface area (Å²) in [5.74, 6) is 1.48. The summed E-state index contributed by atoms with van der Waals surface area (Å²) in [5.41, 5.74) is 2.43. The summed E-state index contributed by atoms with van der Waals surface area (Å²) in [5, 5.41) is 10.1. The molecule has 2 aromatic carbocycles. The number of hydrogen-bond acceptors (Lipinski definition) is 4. The Morgan fingerprint density at radius 1 is 1.20 bits per heavy atom. The summed E-state index contributed by atoms with van der Waals surface area (Å²) in [6.07, 6.45) is 3.14. The third-order valence-corrected chi connectivity index (χ3v) is 5.30. The molecular weight excluding hydrogens is 286 g/mol. The first-order valence-electron chi connectivity index (χ1n) is 6.66. The minimum absolute atomic E-state index is 0.388. The van der Waals surface area contributed by atoms with Gasteiger partial charge in [-0.05, 0) is 42.7 Å². The van der Waals surface area contributed by atoms with Crippen LogP contribution in [0.5, 0.6) is 5.75 Å². The molecule has 1 heterocycles. The second-order valence-electron chi connectivity index (χ2n) is 4.68. The van der Waals surface area contributed by atoms with E-state index in [0.29, 0.717) is 5.75 Å². The SMILES string of the molecule is CSc1cc2c(cc1O)SCCCN2c1ccccc1. The smallest absolute Gasteiger partial charge is 0.130 e. The highest BCUT2D eigenvalue weighted by Gasteiger charge is 2.19. The molecule has 0 atom stereocenters. The molecule has 1 aliphatic heterocycles. The van der Waals surface area contributed by atoms with Gasteiger partial charge in [-0.1, -0.05) is 18.2 Å². The Morgan fingerprint density at radius 2 is 2.00 bits per heavy atom. The summed E-state index contributed by atoms with van der Waals surface area (Å²) in [7, 11) is 0. The van der Waals surface area contributed by atoms with Crippen LogP contribution in [0, 0.1) is 0 Å². The van der Waals surface area contributed by atoms with Crippen molar-refractivity contribution in [3.63, 3.8) is 0 Å². The lowest BCUT2D eigenvalue weighted by molar-refractivity contribution is 0.461. The maximum atomic E-state index is 10.1. The average molecular weight is 303 g/mol. The van der Waals surface area contributed by atoms with E-state index in [2.05, 4.69) is 35.2 Å². The molecule has 1 N–H and O–H groups in total. The van der Waals surface area contributed by atoms with E-state index in [1.807, 2.05) is 30.2 Å². The van der Waals surface area contributed by atoms with Gasteiger partial charge in [0, 0.05) is 17.1 Å². The number of phenolic OH excluding ortho intramolecular Hbond substituents is 1. The molecule has 104 valence electrons. The second kappa shape index (κ2) is 6.02. The van der Waals surface area contributed by atoms with Gasteiger partial charge in [0.2, 0.25) is 0 Å². The van der Waals surface area contributed by atoms with E-state index in [1.54, 1.807) is 11.8 Å². The van der Waals surface area contributed by atoms with Crippen LogP contribution in [-0.4, -0.2) is 23.7 Å². The lowest BCUT2D eigenvalue weighted by Crippen LogP contribution is -2.18. The highest BCUT2D eigenvalue weighted by molar-refractivity contribution is 7.99. The molecule has 2 aromatic rings. The van der Waals surface area contributed by atoms with E-state index in [0.717, 1.165) is 23.6 Å². The van der Waals surface area contributed by atoms with Gasteiger partial charge in [-0.3, -0.25) is 0 Å². The van der Waals surface area contributed by atoms with Gasteiger partial charge in [0.15, 0.2) is 0 Å². The second-order valence-corrected chi connectivity index (χ2v) is 6.67. The first kappa shape index (κ1) is 13.7. The number of fused-ring (bicyclic) bond motifs is 1.